The van der Waals surface area contributed by atoms with Gasteiger partial charge in [-0.1, -0.05) is 24.3 Å². The fraction of sp³-hybridized carbons (Fsp3) is 0.350. The lowest BCUT2D eigenvalue weighted by Crippen LogP contribution is -2.29. The average Bonchev–Trinajstić information content (AvgIpc) is 2.60. The van der Waals surface area contributed by atoms with E-state index in [0.717, 1.165) is 18.7 Å². The number of ether oxygens (including phenoxy) is 2. The van der Waals surface area contributed by atoms with Gasteiger partial charge in [-0.15, -0.1) is 0 Å². The highest BCUT2D eigenvalue weighted by Gasteiger charge is 2.08. The molecule has 0 atom stereocenters. The summed E-state index contributed by atoms with van der Waals surface area (Å²) in [6, 6.07) is 15.4. The van der Waals surface area contributed by atoms with E-state index in [1.165, 1.54) is 5.56 Å². The number of anilines is 1. The van der Waals surface area contributed by atoms with Gasteiger partial charge in [0.05, 0.1) is 25.4 Å². The molecule has 25 heavy (non-hydrogen) atoms. The van der Waals surface area contributed by atoms with Gasteiger partial charge in [-0.3, -0.25) is 4.79 Å². The van der Waals surface area contributed by atoms with Gasteiger partial charge in [0.15, 0.2) is 0 Å². The normalized spacial score (nSPS) is 10.6. The number of carbonyl (C=O) groups is 1. The number of hydrogen-bond donors (Lipinski definition) is 2. The standard InChI is InChI=1S/C20H26N2O3/c1-15(2)25-19-7-5-4-6-18(19)22-20(23)14-21-13-12-16-8-10-17(24-3)11-9-16/h4-11,15,21H,12-14H2,1-3H3,(H,22,23). The number of rotatable bonds is 9. The maximum atomic E-state index is 12.1. The zero-order valence-electron chi connectivity index (χ0n) is 15.0. The van der Waals surface area contributed by atoms with Crippen molar-refractivity contribution in [3.8, 4) is 11.5 Å². The molecule has 2 rings (SSSR count). The highest BCUT2D eigenvalue weighted by molar-refractivity contribution is 5.93. The molecule has 1 amide bonds. The van der Waals surface area contributed by atoms with Gasteiger partial charge < -0.3 is 20.1 Å². The highest BCUT2D eigenvalue weighted by Crippen LogP contribution is 2.24. The van der Waals surface area contributed by atoms with Crippen molar-refractivity contribution >= 4 is 11.6 Å². The summed E-state index contributed by atoms with van der Waals surface area (Å²) in [4.78, 5) is 12.1. The van der Waals surface area contributed by atoms with Crippen LogP contribution < -0.4 is 20.1 Å². The number of hydrogen-bond acceptors (Lipinski definition) is 4. The van der Waals surface area contributed by atoms with Crippen LogP contribution in [0.2, 0.25) is 0 Å². The van der Waals surface area contributed by atoms with E-state index in [1.807, 2.05) is 62.4 Å². The Morgan fingerprint density at radius 2 is 1.80 bits per heavy atom. The predicted octanol–water partition coefficient (Wildman–Crippen LogP) is 3.25. The van der Waals surface area contributed by atoms with Crippen molar-refractivity contribution in [1.29, 1.82) is 0 Å². The first-order chi connectivity index (χ1) is 12.1. The van der Waals surface area contributed by atoms with Crippen LogP contribution in [0.25, 0.3) is 0 Å². The van der Waals surface area contributed by atoms with Gasteiger partial charge in [0.25, 0.3) is 0 Å². The summed E-state index contributed by atoms with van der Waals surface area (Å²) < 4.78 is 10.8. The Labute approximate surface area is 149 Å². The van der Waals surface area contributed by atoms with E-state index >= 15 is 0 Å². The molecular weight excluding hydrogens is 316 g/mol. The van der Waals surface area contributed by atoms with Crippen molar-refractivity contribution in [2.75, 3.05) is 25.5 Å². The summed E-state index contributed by atoms with van der Waals surface area (Å²) in [5.41, 5.74) is 1.89. The molecule has 0 bridgehead atoms. The van der Waals surface area contributed by atoms with E-state index in [1.54, 1.807) is 7.11 Å². The van der Waals surface area contributed by atoms with Crippen molar-refractivity contribution in [3.05, 3.63) is 54.1 Å². The molecular formula is C20H26N2O3. The Hall–Kier alpha value is -2.53. The van der Waals surface area contributed by atoms with Crippen LogP contribution in [0, 0.1) is 0 Å². The van der Waals surface area contributed by atoms with Crippen molar-refractivity contribution in [2.45, 2.75) is 26.4 Å². The molecule has 5 nitrogen and oxygen atoms in total. The quantitative estimate of drug-likeness (QED) is 0.687. The molecule has 0 aliphatic carbocycles. The first-order valence-corrected chi connectivity index (χ1v) is 8.47. The molecule has 0 spiro atoms. The lowest BCUT2D eigenvalue weighted by Gasteiger charge is -2.15. The van der Waals surface area contributed by atoms with Gasteiger partial charge in [0, 0.05) is 0 Å². The van der Waals surface area contributed by atoms with Gasteiger partial charge in [0.1, 0.15) is 11.5 Å². The smallest absolute Gasteiger partial charge is 0.238 e. The van der Waals surface area contributed by atoms with Crippen molar-refractivity contribution in [3.63, 3.8) is 0 Å². The van der Waals surface area contributed by atoms with E-state index in [9.17, 15) is 4.79 Å². The molecule has 2 aromatic carbocycles. The topological polar surface area (TPSA) is 59.6 Å². The Bertz CT molecular complexity index is 669. The second-order valence-corrected chi connectivity index (χ2v) is 5.99. The highest BCUT2D eigenvalue weighted by atomic mass is 16.5. The van der Waals surface area contributed by atoms with Gasteiger partial charge >= 0.3 is 0 Å². The number of nitrogens with one attached hydrogen (secondary N) is 2. The van der Waals surface area contributed by atoms with Crippen LogP contribution >= 0.6 is 0 Å². The monoisotopic (exact) mass is 342 g/mol. The van der Waals surface area contributed by atoms with Crippen LogP contribution in [0.15, 0.2) is 48.5 Å². The summed E-state index contributed by atoms with van der Waals surface area (Å²) >= 11 is 0. The van der Waals surface area contributed by atoms with Gasteiger partial charge in [-0.25, -0.2) is 0 Å². The fourth-order valence-corrected chi connectivity index (χ4v) is 2.35. The fourth-order valence-electron chi connectivity index (χ4n) is 2.35. The summed E-state index contributed by atoms with van der Waals surface area (Å²) in [6.45, 7) is 4.90. The lowest BCUT2D eigenvalue weighted by atomic mass is 10.1. The van der Waals surface area contributed by atoms with Crippen LogP contribution in [0.5, 0.6) is 11.5 Å². The minimum atomic E-state index is -0.0884. The van der Waals surface area contributed by atoms with Crippen LogP contribution in [0.4, 0.5) is 5.69 Å². The van der Waals surface area contributed by atoms with Crippen LogP contribution in [0.3, 0.4) is 0 Å². The van der Waals surface area contributed by atoms with Gasteiger partial charge in [-0.2, -0.15) is 0 Å². The molecule has 0 aromatic heterocycles. The Morgan fingerprint density at radius 3 is 2.48 bits per heavy atom. The molecule has 134 valence electrons. The van der Waals surface area contributed by atoms with Gasteiger partial charge in [-0.05, 0) is 56.6 Å². The Balaban J connectivity index is 1.75. The van der Waals surface area contributed by atoms with E-state index in [0.29, 0.717) is 11.4 Å². The zero-order valence-corrected chi connectivity index (χ0v) is 15.0. The number of carbonyl (C=O) groups excluding carboxylic acids is 1. The second kappa shape index (κ2) is 9.69. The molecule has 0 saturated heterocycles. The molecule has 0 fully saturated rings. The molecule has 2 aromatic rings. The lowest BCUT2D eigenvalue weighted by molar-refractivity contribution is -0.115. The van der Waals surface area contributed by atoms with Crippen LogP contribution in [0.1, 0.15) is 19.4 Å². The second-order valence-electron chi connectivity index (χ2n) is 5.99. The molecule has 0 saturated carbocycles. The van der Waals surface area contributed by atoms with Gasteiger partial charge in [0.2, 0.25) is 5.91 Å². The van der Waals surface area contributed by atoms with Crippen molar-refractivity contribution < 1.29 is 14.3 Å². The van der Waals surface area contributed by atoms with Crippen LogP contribution in [-0.4, -0.2) is 32.2 Å². The number of para-hydroxylation sites is 2. The minimum absolute atomic E-state index is 0.0562. The van der Waals surface area contributed by atoms with Crippen molar-refractivity contribution in [2.24, 2.45) is 0 Å². The third-order valence-electron chi connectivity index (χ3n) is 3.56. The summed E-state index contributed by atoms with van der Waals surface area (Å²) in [6.07, 6.45) is 0.908. The molecule has 0 heterocycles. The van der Waals surface area contributed by atoms with E-state index in [2.05, 4.69) is 10.6 Å². The van der Waals surface area contributed by atoms with Crippen LogP contribution in [-0.2, 0) is 11.2 Å². The number of methoxy groups -OCH3 is 1. The predicted molar refractivity (Wildman–Crippen MR) is 100 cm³/mol. The molecule has 0 unspecified atom stereocenters. The SMILES string of the molecule is COc1ccc(CCNCC(=O)Nc2ccccc2OC(C)C)cc1. The number of benzene rings is 2. The number of amides is 1. The molecule has 0 aliphatic rings. The minimum Gasteiger partial charge on any atom is -0.497 e. The Morgan fingerprint density at radius 1 is 1.08 bits per heavy atom. The maximum Gasteiger partial charge on any atom is 0.238 e. The molecule has 0 aliphatic heterocycles. The largest absolute Gasteiger partial charge is 0.497 e. The third-order valence-corrected chi connectivity index (χ3v) is 3.56. The third kappa shape index (κ3) is 6.47. The first kappa shape index (κ1) is 18.8. The summed E-state index contributed by atoms with van der Waals surface area (Å²) in [7, 11) is 1.65. The van der Waals surface area contributed by atoms with E-state index in [-0.39, 0.29) is 18.6 Å². The van der Waals surface area contributed by atoms with E-state index in [4.69, 9.17) is 9.47 Å². The molecule has 2 N–H and O–H groups in total. The van der Waals surface area contributed by atoms with E-state index < -0.39 is 0 Å². The zero-order chi connectivity index (χ0) is 18.1. The maximum absolute atomic E-state index is 12.1. The Kier molecular flexibility index (Phi) is 7.29. The summed E-state index contributed by atoms with van der Waals surface area (Å²) in [5.74, 6) is 1.44. The average molecular weight is 342 g/mol. The molecule has 5 heteroatoms. The molecule has 0 radical (unpaired) electrons. The van der Waals surface area contributed by atoms with Crippen molar-refractivity contribution in [1.82, 2.24) is 5.32 Å². The summed E-state index contributed by atoms with van der Waals surface area (Å²) in [5, 5.41) is 6.05. The first-order valence-electron chi connectivity index (χ1n) is 8.47.